The van der Waals surface area contributed by atoms with E-state index in [-0.39, 0.29) is 17.4 Å². The van der Waals surface area contributed by atoms with Crippen LogP contribution in [0.4, 0.5) is 14.5 Å². The smallest absolute Gasteiger partial charge is 0.387 e. The summed E-state index contributed by atoms with van der Waals surface area (Å²) in [6.07, 6.45) is 3.93. The van der Waals surface area contributed by atoms with E-state index < -0.39 is 6.61 Å². The molecule has 0 saturated carbocycles. The van der Waals surface area contributed by atoms with Crippen LogP contribution in [0.25, 0.3) is 6.08 Å². The molecule has 0 saturated heterocycles. The number of carbonyl (C=O) groups excluding carboxylic acids is 1. The molecule has 0 radical (unpaired) electrons. The van der Waals surface area contributed by atoms with Crippen molar-refractivity contribution < 1.29 is 23.0 Å². The molecule has 2 rings (SSSR count). The SMILES string of the molecule is CC[C@H](C)c1ccccc1NC(=O)/C=C/c1ccc(OC(F)F)c(OC)c1. The van der Waals surface area contributed by atoms with Gasteiger partial charge < -0.3 is 14.8 Å². The fourth-order valence-corrected chi connectivity index (χ4v) is 2.59. The average Bonchev–Trinajstić information content (AvgIpc) is 2.66. The normalized spacial score (nSPS) is 12.2. The number of amides is 1. The van der Waals surface area contributed by atoms with E-state index in [0.29, 0.717) is 11.5 Å². The van der Waals surface area contributed by atoms with E-state index in [0.717, 1.165) is 17.7 Å². The Hall–Kier alpha value is -2.89. The van der Waals surface area contributed by atoms with Crippen LogP contribution in [0, 0.1) is 0 Å². The first kappa shape index (κ1) is 20.4. The number of anilines is 1. The molecule has 0 aliphatic carbocycles. The van der Waals surface area contributed by atoms with Crippen molar-refractivity contribution in [1.82, 2.24) is 0 Å². The molecule has 0 aromatic heterocycles. The van der Waals surface area contributed by atoms with Gasteiger partial charge in [0.1, 0.15) is 0 Å². The highest BCUT2D eigenvalue weighted by Crippen LogP contribution is 2.30. The Morgan fingerprint density at radius 1 is 1.19 bits per heavy atom. The molecule has 1 atom stereocenters. The van der Waals surface area contributed by atoms with Crippen LogP contribution in [-0.4, -0.2) is 19.6 Å². The van der Waals surface area contributed by atoms with Crippen molar-refractivity contribution in [3.05, 3.63) is 59.7 Å². The largest absolute Gasteiger partial charge is 0.493 e. The average molecular weight is 375 g/mol. The minimum absolute atomic E-state index is 0.0587. The van der Waals surface area contributed by atoms with Crippen LogP contribution in [0.2, 0.25) is 0 Å². The van der Waals surface area contributed by atoms with E-state index in [4.69, 9.17) is 4.74 Å². The summed E-state index contributed by atoms with van der Waals surface area (Å²) in [6.45, 7) is 1.27. The lowest BCUT2D eigenvalue weighted by atomic mass is 9.97. The van der Waals surface area contributed by atoms with E-state index in [9.17, 15) is 13.6 Å². The van der Waals surface area contributed by atoms with Gasteiger partial charge in [0.2, 0.25) is 5.91 Å². The standard InChI is InChI=1S/C21H23F2NO3/c1-4-14(2)16-7-5-6-8-17(16)24-20(25)12-10-15-9-11-18(27-21(22)23)19(13-15)26-3/h5-14,21H,4H2,1-3H3,(H,24,25)/b12-10+/t14-/m0/s1. The van der Waals surface area contributed by atoms with Gasteiger partial charge in [0.25, 0.3) is 0 Å². The van der Waals surface area contributed by atoms with Gasteiger partial charge in [-0.2, -0.15) is 8.78 Å². The summed E-state index contributed by atoms with van der Waals surface area (Å²) < 4.78 is 34.2. The minimum Gasteiger partial charge on any atom is -0.493 e. The first-order valence-corrected chi connectivity index (χ1v) is 8.65. The van der Waals surface area contributed by atoms with Gasteiger partial charge in [-0.05, 0) is 47.7 Å². The van der Waals surface area contributed by atoms with Crippen LogP contribution in [0.15, 0.2) is 48.5 Å². The first-order valence-electron chi connectivity index (χ1n) is 8.65. The Balaban J connectivity index is 2.11. The van der Waals surface area contributed by atoms with Crippen LogP contribution >= 0.6 is 0 Å². The van der Waals surface area contributed by atoms with Gasteiger partial charge >= 0.3 is 6.61 Å². The zero-order valence-corrected chi connectivity index (χ0v) is 15.5. The van der Waals surface area contributed by atoms with Crippen molar-refractivity contribution in [3.8, 4) is 11.5 Å². The highest BCUT2D eigenvalue weighted by atomic mass is 19.3. The molecule has 6 heteroatoms. The second kappa shape index (κ2) is 9.71. The molecular formula is C21H23F2NO3. The lowest BCUT2D eigenvalue weighted by Gasteiger charge is -2.14. The van der Waals surface area contributed by atoms with Gasteiger partial charge in [-0.1, -0.05) is 38.1 Å². The predicted molar refractivity (Wildman–Crippen MR) is 102 cm³/mol. The molecule has 1 amide bonds. The number of hydrogen-bond acceptors (Lipinski definition) is 3. The van der Waals surface area contributed by atoms with Crippen LogP contribution in [0.3, 0.4) is 0 Å². The Labute approximate surface area is 157 Å². The Morgan fingerprint density at radius 2 is 1.93 bits per heavy atom. The molecular weight excluding hydrogens is 352 g/mol. The van der Waals surface area contributed by atoms with Crippen LogP contribution in [0.1, 0.15) is 37.3 Å². The molecule has 0 aliphatic heterocycles. The van der Waals surface area contributed by atoms with Crippen LogP contribution in [-0.2, 0) is 4.79 Å². The third-order valence-corrected chi connectivity index (χ3v) is 4.19. The Bertz CT molecular complexity index is 806. The summed E-state index contributed by atoms with van der Waals surface area (Å²) in [5, 5.41) is 2.88. The summed E-state index contributed by atoms with van der Waals surface area (Å²) in [4.78, 5) is 12.3. The molecule has 1 N–H and O–H groups in total. The van der Waals surface area contributed by atoms with Crippen molar-refractivity contribution in [3.63, 3.8) is 0 Å². The molecule has 2 aromatic rings. The maximum Gasteiger partial charge on any atom is 0.387 e. The number of benzene rings is 2. The molecule has 0 aliphatic rings. The molecule has 4 nitrogen and oxygen atoms in total. The number of ether oxygens (including phenoxy) is 2. The number of hydrogen-bond donors (Lipinski definition) is 1. The third kappa shape index (κ3) is 5.81. The second-order valence-electron chi connectivity index (χ2n) is 6.01. The summed E-state index contributed by atoms with van der Waals surface area (Å²) in [5.41, 5.74) is 2.48. The van der Waals surface area contributed by atoms with E-state index in [1.807, 2.05) is 24.3 Å². The van der Waals surface area contributed by atoms with Gasteiger partial charge in [-0.3, -0.25) is 4.79 Å². The predicted octanol–water partition coefficient (Wildman–Crippen LogP) is 5.46. The Kier molecular flexibility index (Phi) is 7.34. The van der Waals surface area contributed by atoms with E-state index in [1.54, 1.807) is 12.1 Å². The van der Waals surface area contributed by atoms with Gasteiger partial charge in [0, 0.05) is 11.8 Å². The minimum atomic E-state index is -2.93. The quantitative estimate of drug-likeness (QED) is 0.623. The van der Waals surface area contributed by atoms with Crippen molar-refractivity contribution in [2.75, 3.05) is 12.4 Å². The van der Waals surface area contributed by atoms with E-state index in [1.165, 1.54) is 25.3 Å². The third-order valence-electron chi connectivity index (χ3n) is 4.19. The molecule has 27 heavy (non-hydrogen) atoms. The number of rotatable bonds is 8. The molecule has 0 bridgehead atoms. The lowest BCUT2D eigenvalue weighted by Crippen LogP contribution is -2.10. The summed E-state index contributed by atoms with van der Waals surface area (Å²) >= 11 is 0. The molecule has 2 aromatic carbocycles. The fourth-order valence-electron chi connectivity index (χ4n) is 2.59. The monoisotopic (exact) mass is 375 g/mol. The highest BCUT2D eigenvalue weighted by molar-refractivity contribution is 6.02. The maximum atomic E-state index is 12.4. The van der Waals surface area contributed by atoms with Crippen LogP contribution < -0.4 is 14.8 Å². The van der Waals surface area contributed by atoms with Crippen molar-refractivity contribution in [2.24, 2.45) is 0 Å². The number of alkyl halides is 2. The zero-order chi connectivity index (χ0) is 19.8. The summed E-state index contributed by atoms with van der Waals surface area (Å²) in [7, 11) is 1.36. The van der Waals surface area contributed by atoms with Crippen molar-refractivity contribution >= 4 is 17.7 Å². The number of para-hydroxylation sites is 1. The Morgan fingerprint density at radius 3 is 2.59 bits per heavy atom. The summed E-state index contributed by atoms with van der Waals surface area (Å²) in [6, 6.07) is 12.2. The number of methoxy groups -OCH3 is 1. The fraction of sp³-hybridized carbons (Fsp3) is 0.286. The second-order valence-corrected chi connectivity index (χ2v) is 6.01. The van der Waals surface area contributed by atoms with Gasteiger partial charge in [-0.25, -0.2) is 0 Å². The van der Waals surface area contributed by atoms with Gasteiger partial charge in [0.05, 0.1) is 7.11 Å². The number of carbonyl (C=O) groups is 1. The molecule has 0 spiro atoms. The number of nitrogens with one attached hydrogen (secondary N) is 1. The highest BCUT2D eigenvalue weighted by Gasteiger charge is 2.11. The van der Waals surface area contributed by atoms with Crippen molar-refractivity contribution in [1.29, 1.82) is 0 Å². The van der Waals surface area contributed by atoms with Crippen molar-refractivity contribution in [2.45, 2.75) is 32.8 Å². The topological polar surface area (TPSA) is 47.6 Å². The van der Waals surface area contributed by atoms with E-state index in [2.05, 4.69) is 23.9 Å². The van der Waals surface area contributed by atoms with Gasteiger partial charge in [-0.15, -0.1) is 0 Å². The molecule has 0 unspecified atom stereocenters. The maximum absolute atomic E-state index is 12.4. The lowest BCUT2D eigenvalue weighted by molar-refractivity contribution is -0.111. The molecule has 144 valence electrons. The number of halogens is 2. The zero-order valence-electron chi connectivity index (χ0n) is 15.5. The summed E-state index contributed by atoms with van der Waals surface area (Å²) in [5.74, 6) is 0.159. The van der Waals surface area contributed by atoms with E-state index >= 15 is 0 Å². The van der Waals surface area contributed by atoms with Crippen LogP contribution in [0.5, 0.6) is 11.5 Å². The van der Waals surface area contributed by atoms with Gasteiger partial charge in [0.15, 0.2) is 11.5 Å². The molecule has 0 heterocycles. The molecule has 0 fully saturated rings. The first-order chi connectivity index (χ1) is 12.9.